The molecule has 0 aliphatic carbocycles. The summed E-state index contributed by atoms with van der Waals surface area (Å²) in [6, 6.07) is 3.76. The average molecular weight is 340 g/mol. The summed E-state index contributed by atoms with van der Waals surface area (Å²) in [6.45, 7) is 8.73. The summed E-state index contributed by atoms with van der Waals surface area (Å²) in [7, 11) is 0. The van der Waals surface area contributed by atoms with Crippen LogP contribution >= 0.6 is 0 Å². The van der Waals surface area contributed by atoms with Gasteiger partial charge in [0.25, 0.3) is 0 Å². The molecule has 3 aromatic rings. The fourth-order valence-electron chi connectivity index (χ4n) is 2.98. The lowest BCUT2D eigenvalue weighted by molar-refractivity contribution is 0.0210. The molecule has 25 heavy (non-hydrogen) atoms. The number of nitrogens with one attached hydrogen (secondary N) is 1. The van der Waals surface area contributed by atoms with Crippen molar-refractivity contribution in [2.45, 2.75) is 33.8 Å². The van der Waals surface area contributed by atoms with E-state index in [1.54, 1.807) is 23.3 Å². The molecule has 3 aromatic heterocycles. The van der Waals surface area contributed by atoms with Gasteiger partial charge in [-0.3, -0.25) is 4.98 Å². The summed E-state index contributed by atoms with van der Waals surface area (Å²) >= 11 is 0. The Morgan fingerprint density at radius 1 is 1.20 bits per heavy atom. The summed E-state index contributed by atoms with van der Waals surface area (Å²) in [5, 5.41) is 19.0. The van der Waals surface area contributed by atoms with Crippen LogP contribution in [0.5, 0.6) is 0 Å². The van der Waals surface area contributed by atoms with E-state index < -0.39 is 6.10 Å². The minimum atomic E-state index is -0.406. The Kier molecular flexibility index (Phi) is 4.67. The molecule has 7 heteroatoms. The van der Waals surface area contributed by atoms with Crippen molar-refractivity contribution in [3.05, 3.63) is 37.1 Å². The minimum Gasteiger partial charge on any atom is -0.392 e. The highest BCUT2D eigenvalue weighted by molar-refractivity contribution is 5.87. The van der Waals surface area contributed by atoms with E-state index in [1.165, 1.54) is 6.33 Å². The van der Waals surface area contributed by atoms with Gasteiger partial charge in [0.15, 0.2) is 5.65 Å². The number of aliphatic hydroxyl groups is 1. The van der Waals surface area contributed by atoms with Crippen molar-refractivity contribution in [2.75, 3.05) is 11.9 Å². The Labute approximate surface area is 147 Å². The Balaban J connectivity index is 1.88. The van der Waals surface area contributed by atoms with E-state index in [2.05, 4.69) is 25.4 Å². The van der Waals surface area contributed by atoms with Gasteiger partial charge in [0.1, 0.15) is 12.1 Å². The molecule has 2 N–H and O–H groups in total. The van der Waals surface area contributed by atoms with Crippen LogP contribution in [0.3, 0.4) is 0 Å². The minimum absolute atomic E-state index is 0.191. The Bertz CT molecular complexity index is 843. The SMILES string of the molecule is CC(C)C(O)C(C)(C)CNc1ncnc2c1cnn2-c1ccncc1. The molecule has 0 fully saturated rings. The number of rotatable bonds is 6. The Morgan fingerprint density at radius 3 is 2.60 bits per heavy atom. The van der Waals surface area contributed by atoms with E-state index >= 15 is 0 Å². The Hall–Kier alpha value is -2.54. The van der Waals surface area contributed by atoms with Gasteiger partial charge in [-0.1, -0.05) is 27.7 Å². The number of aromatic nitrogens is 5. The average Bonchev–Trinajstić information content (AvgIpc) is 3.04. The van der Waals surface area contributed by atoms with Gasteiger partial charge in [0.05, 0.1) is 23.4 Å². The van der Waals surface area contributed by atoms with Gasteiger partial charge in [-0.2, -0.15) is 5.10 Å². The van der Waals surface area contributed by atoms with Crippen molar-refractivity contribution in [2.24, 2.45) is 11.3 Å². The van der Waals surface area contributed by atoms with E-state index in [-0.39, 0.29) is 11.3 Å². The number of pyridine rings is 1. The van der Waals surface area contributed by atoms with Crippen molar-refractivity contribution in [3.63, 3.8) is 0 Å². The normalized spacial score (nSPS) is 13.4. The van der Waals surface area contributed by atoms with E-state index in [4.69, 9.17) is 0 Å². The third-order valence-corrected chi connectivity index (χ3v) is 4.42. The van der Waals surface area contributed by atoms with Crippen molar-refractivity contribution < 1.29 is 5.11 Å². The molecule has 1 atom stereocenters. The van der Waals surface area contributed by atoms with Gasteiger partial charge in [0, 0.05) is 24.4 Å². The van der Waals surface area contributed by atoms with Crippen molar-refractivity contribution in [3.8, 4) is 5.69 Å². The summed E-state index contributed by atoms with van der Waals surface area (Å²) in [5.41, 5.74) is 1.34. The summed E-state index contributed by atoms with van der Waals surface area (Å²) in [4.78, 5) is 12.7. The third kappa shape index (κ3) is 3.46. The number of hydrogen-bond donors (Lipinski definition) is 2. The molecule has 0 aliphatic rings. The fourth-order valence-corrected chi connectivity index (χ4v) is 2.98. The summed E-state index contributed by atoms with van der Waals surface area (Å²) < 4.78 is 1.76. The topological polar surface area (TPSA) is 88.8 Å². The second kappa shape index (κ2) is 6.76. The molecule has 0 aromatic carbocycles. The molecular formula is C18H24N6O. The van der Waals surface area contributed by atoms with E-state index in [9.17, 15) is 5.11 Å². The highest BCUT2D eigenvalue weighted by Crippen LogP contribution is 2.28. The lowest BCUT2D eigenvalue weighted by atomic mass is 9.81. The quantitative estimate of drug-likeness (QED) is 0.717. The third-order valence-electron chi connectivity index (χ3n) is 4.42. The molecule has 0 saturated heterocycles. The van der Waals surface area contributed by atoms with Gasteiger partial charge in [-0.25, -0.2) is 14.6 Å². The standard InChI is InChI=1S/C18H24N6O/c1-12(2)15(25)18(3,4)10-20-16-14-9-23-24(17(14)22-11-21-16)13-5-7-19-8-6-13/h5-9,11-12,15,25H,10H2,1-4H3,(H,20,21,22). The van der Waals surface area contributed by atoms with Gasteiger partial charge < -0.3 is 10.4 Å². The smallest absolute Gasteiger partial charge is 0.168 e. The van der Waals surface area contributed by atoms with Crippen LogP contribution in [0.15, 0.2) is 37.1 Å². The van der Waals surface area contributed by atoms with Crippen molar-refractivity contribution in [1.82, 2.24) is 24.7 Å². The number of nitrogens with zero attached hydrogens (tertiary/aromatic N) is 5. The molecule has 0 bridgehead atoms. The van der Waals surface area contributed by atoms with Crippen LogP contribution in [-0.4, -0.2) is 42.5 Å². The number of aliphatic hydroxyl groups excluding tert-OH is 1. The Morgan fingerprint density at radius 2 is 1.92 bits per heavy atom. The van der Waals surface area contributed by atoms with Gasteiger partial charge in [-0.15, -0.1) is 0 Å². The fraction of sp³-hybridized carbons (Fsp3) is 0.444. The predicted molar refractivity (Wildman–Crippen MR) is 97.6 cm³/mol. The first-order chi connectivity index (χ1) is 11.9. The van der Waals surface area contributed by atoms with Crippen LogP contribution in [-0.2, 0) is 0 Å². The maximum absolute atomic E-state index is 10.4. The largest absolute Gasteiger partial charge is 0.392 e. The van der Waals surface area contributed by atoms with Crippen LogP contribution in [0.25, 0.3) is 16.7 Å². The molecule has 0 amide bonds. The highest BCUT2D eigenvalue weighted by Gasteiger charge is 2.30. The summed E-state index contributed by atoms with van der Waals surface area (Å²) in [6.07, 6.45) is 6.31. The van der Waals surface area contributed by atoms with E-state index in [0.29, 0.717) is 12.4 Å². The summed E-state index contributed by atoms with van der Waals surface area (Å²) in [5.74, 6) is 0.908. The molecule has 3 heterocycles. The van der Waals surface area contributed by atoms with Crippen molar-refractivity contribution in [1.29, 1.82) is 0 Å². The predicted octanol–water partition coefficient (Wildman–Crippen LogP) is 2.67. The number of anilines is 1. The first-order valence-electron chi connectivity index (χ1n) is 8.41. The van der Waals surface area contributed by atoms with Gasteiger partial charge in [0.2, 0.25) is 0 Å². The molecule has 0 spiro atoms. The highest BCUT2D eigenvalue weighted by atomic mass is 16.3. The molecule has 0 aliphatic heterocycles. The van der Waals surface area contributed by atoms with Crippen LogP contribution in [0.1, 0.15) is 27.7 Å². The second-order valence-corrected chi connectivity index (χ2v) is 7.25. The van der Waals surface area contributed by atoms with Crippen LogP contribution in [0.4, 0.5) is 5.82 Å². The maximum atomic E-state index is 10.4. The zero-order chi connectivity index (χ0) is 18.0. The number of hydrogen-bond acceptors (Lipinski definition) is 6. The maximum Gasteiger partial charge on any atom is 0.168 e. The van der Waals surface area contributed by atoms with Gasteiger partial charge >= 0.3 is 0 Å². The molecule has 0 saturated carbocycles. The second-order valence-electron chi connectivity index (χ2n) is 7.25. The lowest BCUT2D eigenvalue weighted by Gasteiger charge is -2.33. The first kappa shape index (κ1) is 17.3. The van der Waals surface area contributed by atoms with E-state index in [1.807, 2.05) is 39.8 Å². The monoisotopic (exact) mass is 340 g/mol. The van der Waals surface area contributed by atoms with E-state index in [0.717, 1.165) is 16.7 Å². The van der Waals surface area contributed by atoms with Crippen LogP contribution in [0.2, 0.25) is 0 Å². The van der Waals surface area contributed by atoms with Crippen LogP contribution in [0, 0.1) is 11.3 Å². The zero-order valence-corrected chi connectivity index (χ0v) is 15.0. The van der Waals surface area contributed by atoms with Gasteiger partial charge in [-0.05, 0) is 18.1 Å². The van der Waals surface area contributed by atoms with Crippen molar-refractivity contribution >= 4 is 16.9 Å². The molecule has 0 radical (unpaired) electrons. The lowest BCUT2D eigenvalue weighted by Crippen LogP contribution is -2.39. The molecule has 3 rings (SSSR count). The molecule has 132 valence electrons. The zero-order valence-electron chi connectivity index (χ0n) is 15.0. The molecular weight excluding hydrogens is 316 g/mol. The first-order valence-corrected chi connectivity index (χ1v) is 8.41. The number of fused-ring (bicyclic) bond motifs is 1. The molecule has 7 nitrogen and oxygen atoms in total. The molecule has 1 unspecified atom stereocenters. The van der Waals surface area contributed by atoms with Crippen LogP contribution < -0.4 is 5.32 Å².